The maximum absolute atomic E-state index is 12.6. The number of carbonyl (C=O) groups excluding carboxylic acids is 1. The highest BCUT2D eigenvalue weighted by Crippen LogP contribution is 2.25. The molecule has 0 radical (unpaired) electrons. The molecular weight excluding hydrogens is 398 g/mol. The summed E-state index contributed by atoms with van der Waals surface area (Å²) < 4.78 is 0. The second-order valence-electron chi connectivity index (χ2n) is 8.44. The molecule has 1 saturated heterocycles. The molecule has 0 aliphatic carbocycles. The van der Waals surface area contributed by atoms with Gasteiger partial charge < -0.3 is 15.1 Å². The highest BCUT2D eigenvalue weighted by atomic mass is 16.2. The van der Waals surface area contributed by atoms with Crippen molar-refractivity contribution in [2.75, 3.05) is 31.1 Å². The quantitative estimate of drug-likeness (QED) is 0.665. The van der Waals surface area contributed by atoms with Crippen LogP contribution in [0.5, 0.6) is 0 Å². The number of nitrogens with one attached hydrogen (secondary N) is 1. The Morgan fingerprint density at radius 1 is 0.875 bits per heavy atom. The van der Waals surface area contributed by atoms with Gasteiger partial charge in [-0.3, -0.25) is 0 Å². The van der Waals surface area contributed by atoms with Gasteiger partial charge in [-0.25, -0.2) is 14.8 Å². The van der Waals surface area contributed by atoms with Gasteiger partial charge in [0.25, 0.3) is 0 Å². The van der Waals surface area contributed by atoms with Crippen molar-refractivity contribution in [3.05, 3.63) is 88.4 Å². The van der Waals surface area contributed by atoms with E-state index in [1.165, 1.54) is 16.7 Å². The van der Waals surface area contributed by atoms with Crippen LogP contribution in [-0.4, -0.2) is 47.1 Å². The maximum Gasteiger partial charge on any atom is 0.317 e. The van der Waals surface area contributed by atoms with Crippen molar-refractivity contribution in [2.45, 2.75) is 33.7 Å². The fraction of sp³-hybridized carbons (Fsp3) is 0.346. The van der Waals surface area contributed by atoms with Gasteiger partial charge in [0, 0.05) is 50.4 Å². The first kappa shape index (κ1) is 21.8. The summed E-state index contributed by atoms with van der Waals surface area (Å²) in [6.07, 6.45) is 0.805. The summed E-state index contributed by atoms with van der Waals surface area (Å²) in [5.41, 5.74) is 5.81. The van der Waals surface area contributed by atoms with Crippen molar-refractivity contribution in [3.63, 3.8) is 0 Å². The SMILES string of the molecule is Cc1ccc(Cc2c(C)nc(C)nc2N2CCN(C(=O)NCc3ccccc3)CC2)cc1. The number of benzene rings is 2. The molecule has 2 amide bonds. The van der Waals surface area contributed by atoms with Gasteiger partial charge in [-0.1, -0.05) is 60.2 Å². The lowest BCUT2D eigenvalue weighted by atomic mass is 10.0. The van der Waals surface area contributed by atoms with E-state index in [1.807, 2.05) is 42.2 Å². The minimum Gasteiger partial charge on any atom is -0.353 e. The van der Waals surface area contributed by atoms with Gasteiger partial charge in [0.1, 0.15) is 11.6 Å². The molecule has 0 saturated carbocycles. The maximum atomic E-state index is 12.6. The predicted octanol–water partition coefficient (Wildman–Crippen LogP) is 4.02. The summed E-state index contributed by atoms with van der Waals surface area (Å²) >= 11 is 0. The standard InChI is InChI=1S/C26H31N5O/c1-19-9-11-22(12-10-19)17-24-20(2)28-21(3)29-25(24)30-13-15-31(16-14-30)26(32)27-18-23-7-5-4-6-8-23/h4-12H,13-18H2,1-3H3,(H,27,32). The highest BCUT2D eigenvalue weighted by molar-refractivity contribution is 5.74. The van der Waals surface area contributed by atoms with E-state index in [4.69, 9.17) is 4.98 Å². The molecule has 4 rings (SSSR count). The summed E-state index contributed by atoms with van der Waals surface area (Å²) in [4.78, 5) is 26.3. The molecule has 3 aromatic rings. The minimum absolute atomic E-state index is 0.0107. The van der Waals surface area contributed by atoms with Crippen LogP contribution in [0.3, 0.4) is 0 Å². The number of amides is 2. The summed E-state index contributed by atoms with van der Waals surface area (Å²) in [5.74, 6) is 1.79. The van der Waals surface area contributed by atoms with Gasteiger partial charge in [0.2, 0.25) is 0 Å². The van der Waals surface area contributed by atoms with Crippen molar-refractivity contribution >= 4 is 11.8 Å². The Morgan fingerprint density at radius 3 is 2.25 bits per heavy atom. The van der Waals surface area contributed by atoms with E-state index < -0.39 is 0 Å². The van der Waals surface area contributed by atoms with Gasteiger partial charge >= 0.3 is 6.03 Å². The number of rotatable bonds is 5. The number of hydrogen-bond acceptors (Lipinski definition) is 4. The van der Waals surface area contributed by atoms with Crippen LogP contribution < -0.4 is 10.2 Å². The first-order valence-electron chi connectivity index (χ1n) is 11.2. The van der Waals surface area contributed by atoms with Crippen LogP contribution in [-0.2, 0) is 13.0 Å². The number of carbonyl (C=O) groups is 1. The van der Waals surface area contributed by atoms with Crippen LogP contribution in [0.25, 0.3) is 0 Å². The third-order valence-electron chi connectivity index (χ3n) is 5.96. The molecule has 0 bridgehead atoms. The molecule has 0 atom stereocenters. The topological polar surface area (TPSA) is 61.4 Å². The second-order valence-corrected chi connectivity index (χ2v) is 8.44. The molecule has 1 N–H and O–H groups in total. The van der Waals surface area contributed by atoms with Crippen LogP contribution in [0.2, 0.25) is 0 Å². The fourth-order valence-electron chi connectivity index (χ4n) is 4.10. The van der Waals surface area contributed by atoms with E-state index in [2.05, 4.69) is 53.3 Å². The zero-order valence-electron chi connectivity index (χ0n) is 19.1. The summed E-state index contributed by atoms with van der Waals surface area (Å²) in [5, 5.41) is 3.03. The minimum atomic E-state index is -0.0107. The zero-order chi connectivity index (χ0) is 22.5. The summed E-state index contributed by atoms with van der Waals surface area (Å²) in [7, 11) is 0. The molecule has 0 spiro atoms. The van der Waals surface area contributed by atoms with Crippen LogP contribution >= 0.6 is 0 Å². The molecule has 0 unspecified atom stereocenters. The fourth-order valence-corrected chi connectivity index (χ4v) is 4.10. The lowest BCUT2D eigenvalue weighted by Crippen LogP contribution is -2.52. The lowest BCUT2D eigenvalue weighted by Gasteiger charge is -2.36. The Balaban J connectivity index is 1.42. The van der Waals surface area contributed by atoms with E-state index in [0.29, 0.717) is 19.6 Å². The van der Waals surface area contributed by atoms with E-state index >= 15 is 0 Å². The van der Waals surface area contributed by atoms with Gasteiger partial charge in [-0.2, -0.15) is 0 Å². The molecule has 6 nitrogen and oxygen atoms in total. The normalized spacial score (nSPS) is 13.8. The first-order chi connectivity index (χ1) is 15.5. The van der Waals surface area contributed by atoms with E-state index in [1.54, 1.807) is 0 Å². The smallest absolute Gasteiger partial charge is 0.317 e. The Kier molecular flexibility index (Phi) is 6.69. The molecule has 166 valence electrons. The Morgan fingerprint density at radius 2 is 1.56 bits per heavy atom. The van der Waals surface area contributed by atoms with Gasteiger partial charge in [-0.05, 0) is 31.9 Å². The Hall–Kier alpha value is -3.41. The van der Waals surface area contributed by atoms with Crippen molar-refractivity contribution in [1.29, 1.82) is 0 Å². The summed E-state index contributed by atoms with van der Waals surface area (Å²) in [6.45, 7) is 9.52. The van der Waals surface area contributed by atoms with E-state index in [9.17, 15) is 4.79 Å². The Bertz CT molecular complexity index is 1060. The number of piperazine rings is 1. The van der Waals surface area contributed by atoms with Crippen molar-refractivity contribution in [2.24, 2.45) is 0 Å². The molecule has 1 fully saturated rings. The number of hydrogen-bond donors (Lipinski definition) is 1. The zero-order valence-corrected chi connectivity index (χ0v) is 19.1. The van der Waals surface area contributed by atoms with E-state index in [-0.39, 0.29) is 6.03 Å². The first-order valence-corrected chi connectivity index (χ1v) is 11.2. The number of aromatic nitrogens is 2. The van der Waals surface area contributed by atoms with Crippen LogP contribution in [0.4, 0.5) is 10.6 Å². The largest absolute Gasteiger partial charge is 0.353 e. The molecule has 1 aliphatic rings. The van der Waals surface area contributed by atoms with Crippen molar-refractivity contribution in [3.8, 4) is 0 Å². The molecule has 1 aliphatic heterocycles. The number of urea groups is 1. The highest BCUT2D eigenvalue weighted by Gasteiger charge is 2.24. The van der Waals surface area contributed by atoms with Crippen molar-refractivity contribution < 1.29 is 4.79 Å². The molecule has 6 heteroatoms. The second kappa shape index (κ2) is 9.81. The average molecular weight is 430 g/mol. The average Bonchev–Trinajstić information content (AvgIpc) is 2.81. The summed E-state index contributed by atoms with van der Waals surface area (Å²) in [6, 6.07) is 18.6. The van der Waals surface area contributed by atoms with Crippen LogP contribution in [0.15, 0.2) is 54.6 Å². The molecular formula is C26H31N5O. The van der Waals surface area contributed by atoms with Gasteiger partial charge in [0.15, 0.2) is 0 Å². The van der Waals surface area contributed by atoms with Crippen LogP contribution in [0.1, 0.15) is 33.8 Å². The molecule has 2 aromatic carbocycles. The lowest BCUT2D eigenvalue weighted by molar-refractivity contribution is 0.193. The third kappa shape index (κ3) is 5.25. The van der Waals surface area contributed by atoms with Crippen LogP contribution in [0, 0.1) is 20.8 Å². The van der Waals surface area contributed by atoms with E-state index in [0.717, 1.165) is 42.4 Å². The number of nitrogens with zero attached hydrogens (tertiary/aromatic N) is 4. The van der Waals surface area contributed by atoms with Crippen molar-refractivity contribution in [1.82, 2.24) is 20.2 Å². The number of aryl methyl sites for hydroxylation is 3. The molecule has 1 aromatic heterocycles. The third-order valence-corrected chi connectivity index (χ3v) is 5.96. The molecule has 32 heavy (non-hydrogen) atoms. The predicted molar refractivity (Wildman–Crippen MR) is 128 cm³/mol. The monoisotopic (exact) mass is 429 g/mol. The Labute approximate surface area is 190 Å². The van der Waals surface area contributed by atoms with Gasteiger partial charge in [0.05, 0.1) is 0 Å². The number of anilines is 1. The molecule has 2 heterocycles. The van der Waals surface area contributed by atoms with Gasteiger partial charge in [-0.15, -0.1) is 0 Å².